The summed E-state index contributed by atoms with van der Waals surface area (Å²) in [5.74, 6) is 0. The molecule has 0 saturated carbocycles. The molecule has 0 radical (unpaired) electrons. The minimum atomic E-state index is 0.931. The van der Waals surface area contributed by atoms with E-state index in [1.165, 1.54) is 5.56 Å². The van der Waals surface area contributed by atoms with E-state index in [0.29, 0.717) is 0 Å². The van der Waals surface area contributed by atoms with Crippen molar-refractivity contribution < 1.29 is 0 Å². The molecule has 0 amide bonds. The summed E-state index contributed by atoms with van der Waals surface area (Å²) in [5.41, 5.74) is 4.37. The Labute approximate surface area is 99.5 Å². The van der Waals surface area contributed by atoms with Gasteiger partial charge in [-0.05, 0) is 29.8 Å². The normalized spacial score (nSPS) is 10.6. The smallest absolute Gasteiger partial charge is 0.137 e. The summed E-state index contributed by atoms with van der Waals surface area (Å²) in [6, 6.07) is 12.5. The molecule has 3 heteroatoms. The summed E-state index contributed by atoms with van der Waals surface area (Å²) < 4.78 is 0. The van der Waals surface area contributed by atoms with Gasteiger partial charge in [0, 0.05) is 36.1 Å². The van der Waals surface area contributed by atoms with Crippen molar-refractivity contribution in [2.45, 2.75) is 0 Å². The van der Waals surface area contributed by atoms with Crippen LogP contribution in [0.1, 0.15) is 0 Å². The van der Waals surface area contributed by atoms with E-state index in [0.717, 1.165) is 22.3 Å². The van der Waals surface area contributed by atoms with Crippen LogP contribution in [0.4, 0.5) is 5.69 Å². The Kier molecular flexibility index (Phi) is 2.29. The van der Waals surface area contributed by atoms with Gasteiger partial charge in [0.15, 0.2) is 0 Å². The third kappa shape index (κ3) is 1.76. The number of rotatable bonds is 2. The molecule has 0 fully saturated rings. The van der Waals surface area contributed by atoms with Crippen LogP contribution in [0.2, 0.25) is 0 Å². The van der Waals surface area contributed by atoms with E-state index in [1.54, 1.807) is 0 Å². The lowest BCUT2D eigenvalue weighted by Crippen LogP contribution is -1.87. The molecule has 0 unspecified atom stereocenters. The van der Waals surface area contributed by atoms with E-state index < -0.39 is 0 Å². The maximum atomic E-state index is 4.39. The van der Waals surface area contributed by atoms with Crippen molar-refractivity contribution in [2.75, 3.05) is 12.4 Å². The number of benzene rings is 1. The summed E-state index contributed by atoms with van der Waals surface area (Å²) in [5, 5.41) is 4.25. The van der Waals surface area contributed by atoms with Crippen molar-refractivity contribution in [3.63, 3.8) is 0 Å². The van der Waals surface area contributed by atoms with Crippen molar-refractivity contribution in [3.05, 3.63) is 48.8 Å². The number of aromatic nitrogens is 2. The third-order valence-electron chi connectivity index (χ3n) is 2.91. The van der Waals surface area contributed by atoms with E-state index in [-0.39, 0.29) is 0 Å². The number of nitrogens with one attached hydrogen (secondary N) is 2. The molecule has 17 heavy (non-hydrogen) atoms. The maximum absolute atomic E-state index is 4.39. The van der Waals surface area contributed by atoms with Crippen LogP contribution in [0.5, 0.6) is 0 Å². The maximum Gasteiger partial charge on any atom is 0.137 e. The lowest BCUT2D eigenvalue weighted by molar-refractivity contribution is 1.32. The van der Waals surface area contributed by atoms with Crippen molar-refractivity contribution in [2.24, 2.45) is 0 Å². The van der Waals surface area contributed by atoms with Gasteiger partial charge in [0.25, 0.3) is 0 Å². The van der Waals surface area contributed by atoms with Gasteiger partial charge in [0.05, 0.1) is 0 Å². The zero-order valence-corrected chi connectivity index (χ0v) is 9.57. The molecule has 1 aromatic carbocycles. The Bertz CT molecular complexity index is 638. The lowest BCUT2D eigenvalue weighted by Gasteiger charge is -2.03. The summed E-state index contributed by atoms with van der Waals surface area (Å²) in [6.45, 7) is 0. The number of aromatic amines is 1. The van der Waals surface area contributed by atoms with E-state index >= 15 is 0 Å². The second kappa shape index (κ2) is 3.94. The summed E-state index contributed by atoms with van der Waals surface area (Å²) >= 11 is 0. The van der Waals surface area contributed by atoms with Crippen LogP contribution < -0.4 is 5.32 Å². The molecule has 84 valence electrons. The Morgan fingerprint density at radius 2 is 1.88 bits per heavy atom. The molecule has 0 aliphatic heterocycles. The molecule has 0 saturated heterocycles. The summed E-state index contributed by atoms with van der Waals surface area (Å²) in [6.07, 6.45) is 3.80. The highest BCUT2D eigenvalue weighted by molar-refractivity contribution is 5.81. The fraction of sp³-hybridized carbons (Fsp3) is 0.0714. The molecule has 0 atom stereocenters. The Hall–Kier alpha value is -2.29. The third-order valence-corrected chi connectivity index (χ3v) is 2.91. The topological polar surface area (TPSA) is 40.7 Å². The predicted molar refractivity (Wildman–Crippen MR) is 71.1 cm³/mol. The number of hydrogen-bond donors (Lipinski definition) is 2. The molecular weight excluding hydrogens is 210 g/mol. The average molecular weight is 223 g/mol. The van der Waals surface area contributed by atoms with Crippen LogP contribution in [-0.2, 0) is 0 Å². The highest BCUT2D eigenvalue weighted by Crippen LogP contribution is 2.23. The van der Waals surface area contributed by atoms with Crippen LogP contribution in [0.15, 0.2) is 48.8 Å². The van der Waals surface area contributed by atoms with Gasteiger partial charge >= 0.3 is 0 Å². The van der Waals surface area contributed by atoms with E-state index in [1.807, 2.05) is 25.5 Å². The van der Waals surface area contributed by atoms with Gasteiger partial charge in [-0.1, -0.05) is 12.1 Å². The van der Waals surface area contributed by atoms with Crippen molar-refractivity contribution in [3.8, 4) is 11.1 Å². The average Bonchev–Trinajstić information content (AvgIpc) is 2.86. The van der Waals surface area contributed by atoms with Crippen LogP contribution in [0.25, 0.3) is 22.2 Å². The molecule has 0 spiro atoms. The monoisotopic (exact) mass is 223 g/mol. The molecular formula is C14H13N3. The van der Waals surface area contributed by atoms with Crippen molar-refractivity contribution in [1.29, 1.82) is 0 Å². The zero-order valence-electron chi connectivity index (χ0n) is 9.57. The fourth-order valence-corrected chi connectivity index (χ4v) is 1.93. The SMILES string of the molecule is CNc1ccc(-c2cnc3[nH]ccc3c2)cc1. The van der Waals surface area contributed by atoms with Gasteiger partial charge in [-0.15, -0.1) is 0 Å². The van der Waals surface area contributed by atoms with Gasteiger partial charge in [-0.2, -0.15) is 0 Å². The van der Waals surface area contributed by atoms with Crippen LogP contribution >= 0.6 is 0 Å². The Morgan fingerprint density at radius 3 is 2.65 bits per heavy atom. The Balaban J connectivity index is 2.06. The molecule has 3 aromatic rings. The summed E-state index contributed by atoms with van der Waals surface area (Å²) in [4.78, 5) is 7.48. The number of nitrogens with zero attached hydrogens (tertiary/aromatic N) is 1. The first kappa shape index (κ1) is 9.90. The Morgan fingerprint density at radius 1 is 1.06 bits per heavy atom. The van der Waals surface area contributed by atoms with Crippen molar-refractivity contribution in [1.82, 2.24) is 9.97 Å². The van der Waals surface area contributed by atoms with Crippen LogP contribution in [0, 0.1) is 0 Å². The largest absolute Gasteiger partial charge is 0.388 e. The second-order valence-corrected chi connectivity index (χ2v) is 3.97. The molecule has 0 aliphatic carbocycles. The molecule has 2 N–H and O–H groups in total. The fourth-order valence-electron chi connectivity index (χ4n) is 1.93. The van der Waals surface area contributed by atoms with Gasteiger partial charge in [-0.25, -0.2) is 4.98 Å². The molecule has 2 aromatic heterocycles. The molecule has 0 bridgehead atoms. The summed E-state index contributed by atoms with van der Waals surface area (Å²) in [7, 11) is 1.92. The molecule has 2 heterocycles. The van der Waals surface area contributed by atoms with Gasteiger partial charge in [-0.3, -0.25) is 0 Å². The zero-order chi connectivity index (χ0) is 11.7. The van der Waals surface area contributed by atoms with Crippen LogP contribution in [0.3, 0.4) is 0 Å². The van der Waals surface area contributed by atoms with Gasteiger partial charge in [0.2, 0.25) is 0 Å². The molecule has 3 rings (SSSR count). The highest BCUT2D eigenvalue weighted by atomic mass is 14.8. The van der Waals surface area contributed by atoms with E-state index in [2.05, 4.69) is 45.6 Å². The number of anilines is 1. The molecule has 3 nitrogen and oxygen atoms in total. The minimum absolute atomic E-state index is 0.931. The number of fused-ring (bicyclic) bond motifs is 1. The number of H-pyrrole nitrogens is 1. The molecule has 0 aliphatic rings. The van der Waals surface area contributed by atoms with E-state index in [4.69, 9.17) is 0 Å². The first-order chi connectivity index (χ1) is 8.36. The lowest BCUT2D eigenvalue weighted by atomic mass is 10.1. The predicted octanol–water partition coefficient (Wildman–Crippen LogP) is 3.27. The second-order valence-electron chi connectivity index (χ2n) is 3.97. The first-order valence-electron chi connectivity index (χ1n) is 5.58. The quantitative estimate of drug-likeness (QED) is 0.700. The standard InChI is InChI=1S/C14H13N3/c1-15-13-4-2-10(3-5-13)12-8-11-6-7-16-14(11)17-9-12/h2-9,15H,1H3,(H,16,17). The number of pyridine rings is 1. The minimum Gasteiger partial charge on any atom is -0.388 e. The number of hydrogen-bond acceptors (Lipinski definition) is 2. The highest BCUT2D eigenvalue weighted by Gasteiger charge is 2.01. The first-order valence-corrected chi connectivity index (χ1v) is 5.58. The van der Waals surface area contributed by atoms with Gasteiger partial charge in [0.1, 0.15) is 5.65 Å². The van der Waals surface area contributed by atoms with Gasteiger partial charge < -0.3 is 10.3 Å². The van der Waals surface area contributed by atoms with E-state index in [9.17, 15) is 0 Å². The van der Waals surface area contributed by atoms with Crippen LogP contribution in [-0.4, -0.2) is 17.0 Å². The van der Waals surface area contributed by atoms with Crippen molar-refractivity contribution >= 4 is 16.7 Å².